The molecule has 1 nitrogen and oxygen atoms in total. The first kappa shape index (κ1) is 13.5. The number of hydrogen-bond donors (Lipinski definition) is 1. The zero-order valence-corrected chi connectivity index (χ0v) is 10.6. The maximum atomic E-state index is 6.41. The summed E-state index contributed by atoms with van der Waals surface area (Å²) in [4.78, 5) is 0. The van der Waals surface area contributed by atoms with Crippen molar-refractivity contribution in [2.45, 2.75) is 50.5 Å². The second-order valence-electron chi connectivity index (χ2n) is 4.91. The van der Waals surface area contributed by atoms with Crippen molar-refractivity contribution in [2.75, 3.05) is 0 Å². The smallest absolute Gasteiger partial charge is 0.0157 e. The van der Waals surface area contributed by atoms with E-state index in [0.29, 0.717) is 0 Å². The van der Waals surface area contributed by atoms with E-state index in [1.807, 2.05) is 0 Å². The first-order valence-corrected chi connectivity index (χ1v) is 6.11. The van der Waals surface area contributed by atoms with Crippen LogP contribution in [0.2, 0.25) is 0 Å². The average molecular weight is 240 g/mol. The molecule has 1 aliphatic carbocycles. The highest BCUT2D eigenvalue weighted by atomic mass is 35.5. The largest absolute Gasteiger partial charge is 0.325 e. The van der Waals surface area contributed by atoms with Gasteiger partial charge in [-0.1, -0.05) is 49.6 Å². The summed E-state index contributed by atoms with van der Waals surface area (Å²) in [6.45, 7) is 0. The van der Waals surface area contributed by atoms with Gasteiger partial charge in [-0.2, -0.15) is 0 Å². The van der Waals surface area contributed by atoms with Gasteiger partial charge in [0.1, 0.15) is 0 Å². The highest BCUT2D eigenvalue weighted by Gasteiger charge is 2.26. The normalized spacial score (nSPS) is 18.8. The molecule has 2 rings (SSSR count). The van der Waals surface area contributed by atoms with E-state index >= 15 is 0 Å². The minimum absolute atomic E-state index is 0. The van der Waals surface area contributed by atoms with Gasteiger partial charge < -0.3 is 5.73 Å². The van der Waals surface area contributed by atoms with E-state index in [0.717, 1.165) is 12.8 Å². The third-order valence-corrected chi connectivity index (χ3v) is 3.60. The highest BCUT2D eigenvalue weighted by Crippen LogP contribution is 2.29. The number of halogens is 1. The SMILES string of the molecule is Cl.NC1(CCc2ccccc2)CCCCC1. The summed E-state index contributed by atoms with van der Waals surface area (Å²) in [6, 6.07) is 10.7. The molecule has 0 spiro atoms. The summed E-state index contributed by atoms with van der Waals surface area (Å²) in [5.74, 6) is 0. The molecule has 0 bridgehead atoms. The maximum Gasteiger partial charge on any atom is 0.0157 e. The van der Waals surface area contributed by atoms with Gasteiger partial charge >= 0.3 is 0 Å². The van der Waals surface area contributed by atoms with Crippen LogP contribution in [0.25, 0.3) is 0 Å². The molecule has 2 N–H and O–H groups in total. The van der Waals surface area contributed by atoms with E-state index in [-0.39, 0.29) is 17.9 Å². The molecule has 0 amide bonds. The van der Waals surface area contributed by atoms with Crippen LogP contribution in [-0.2, 0) is 6.42 Å². The van der Waals surface area contributed by atoms with Crippen LogP contribution in [-0.4, -0.2) is 5.54 Å². The predicted octanol–water partition coefficient (Wildman–Crippen LogP) is 3.70. The van der Waals surface area contributed by atoms with Crippen molar-refractivity contribution in [2.24, 2.45) is 5.73 Å². The molecule has 1 saturated carbocycles. The van der Waals surface area contributed by atoms with Crippen LogP contribution in [0.3, 0.4) is 0 Å². The third kappa shape index (κ3) is 3.80. The summed E-state index contributed by atoms with van der Waals surface area (Å²) >= 11 is 0. The molecule has 0 unspecified atom stereocenters. The molecule has 1 fully saturated rings. The van der Waals surface area contributed by atoms with Crippen molar-refractivity contribution in [1.82, 2.24) is 0 Å². The second kappa shape index (κ2) is 6.27. The Morgan fingerprint density at radius 3 is 2.25 bits per heavy atom. The van der Waals surface area contributed by atoms with E-state index in [4.69, 9.17) is 5.73 Å². The van der Waals surface area contributed by atoms with Crippen molar-refractivity contribution >= 4 is 12.4 Å². The first-order valence-electron chi connectivity index (χ1n) is 6.11. The van der Waals surface area contributed by atoms with Gasteiger partial charge in [-0.25, -0.2) is 0 Å². The number of nitrogens with two attached hydrogens (primary N) is 1. The fourth-order valence-corrected chi connectivity index (χ4v) is 2.54. The molecule has 2 heteroatoms. The fraction of sp³-hybridized carbons (Fsp3) is 0.571. The molecule has 1 aliphatic rings. The number of benzene rings is 1. The van der Waals surface area contributed by atoms with Crippen molar-refractivity contribution < 1.29 is 0 Å². The summed E-state index contributed by atoms with van der Waals surface area (Å²) in [5.41, 5.74) is 7.96. The average Bonchev–Trinajstić information content (AvgIpc) is 2.29. The molecule has 0 atom stereocenters. The lowest BCUT2D eigenvalue weighted by molar-refractivity contribution is 0.278. The van der Waals surface area contributed by atoms with Crippen molar-refractivity contribution in [3.05, 3.63) is 35.9 Å². The maximum absolute atomic E-state index is 6.41. The Morgan fingerprint density at radius 2 is 1.62 bits per heavy atom. The third-order valence-electron chi connectivity index (χ3n) is 3.60. The Kier molecular flexibility index (Phi) is 5.30. The molecule has 16 heavy (non-hydrogen) atoms. The molecule has 0 aromatic heterocycles. The van der Waals surface area contributed by atoms with Gasteiger partial charge in [-0.05, 0) is 31.2 Å². The Balaban J connectivity index is 0.00000128. The van der Waals surface area contributed by atoms with Gasteiger partial charge in [0.25, 0.3) is 0 Å². The van der Waals surface area contributed by atoms with Gasteiger partial charge in [-0.15, -0.1) is 12.4 Å². The van der Waals surface area contributed by atoms with Gasteiger partial charge in [-0.3, -0.25) is 0 Å². The Hall–Kier alpha value is -0.530. The minimum atomic E-state index is 0. The first-order chi connectivity index (χ1) is 7.29. The van der Waals surface area contributed by atoms with Crippen LogP contribution >= 0.6 is 12.4 Å². The van der Waals surface area contributed by atoms with Gasteiger partial charge in [0, 0.05) is 5.54 Å². The minimum Gasteiger partial charge on any atom is -0.325 e. The molecule has 0 radical (unpaired) electrons. The van der Waals surface area contributed by atoms with E-state index in [2.05, 4.69) is 30.3 Å². The number of hydrogen-bond acceptors (Lipinski definition) is 1. The Morgan fingerprint density at radius 1 is 1.00 bits per heavy atom. The van der Waals surface area contributed by atoms with E-state index < -0.39 is 0 Å². The van der Waals surface area contributed by atoms with Crippen LogP contribution in [0.15, 0.2) is 30.3 Å². The molecule has 90 valence electrons. The molecule has 1 aromatic rings. The quantitative estimate of drug-likeness (QED) is 0.855. The summed E-state index contributed by atoms with van der Waals surface area (Å²) in [5, 5.41) is 0. The molecular weight excluding hydrogens is 218 g/mol. The lowest BCUT2D eigenvalue weighted by atomic mass is 9.79. The van der Waals surface area contributed by atoms with Crippen LogP contribution in [0.5, 0.6) is 0 Å². The lowest BCUT2D eigenvalue weighted by Crippen LogP contribution is -2.41. The summed E-state index contributed by atoms with van der Waals surface area (Å²) < 4.78 is 0. The van der Waals surface area contributed by atoms with Crippen molar-refractivity contribution in [3.63, 3.8) is 0 Å². The lowest BCUT2D eigenvalue weighted by Gasteiger charge is -2.33. The predicted molar refractivity (Wildman–Crippen MR) is 72.0 cm³/mol. The monoisotopic (exact) mass is 239 g/mol. The van der Waals surface area contributed by atoms with Crippen molar-refractivity contribution in [1.29, 1.82) is 0 Å². The van der Waals surface area contributed by atoms with E-state index in [9.17, 15) is 0 Å². The molecule has 0 saturated heterocycles. The fourth-order valence-electron chi connectivity index (χ4n) is 2.54. The topological polar surface area (TPSA) is 26.0 Å². The van der Waals surface area contributed by atoms with E-state index in [1.54, 1.807) is 0 Å². The van der Waals surface area contributed by atoms with Crippen LogP contribution in [0, 0.1) is 0 Å². The zero-order valence-electron chi connectivity index (χ0n) is 9.82. The molecule has 0 heterocycles. The van der Waals surface area contributed by atoms with Crippen LogP contribution in [0.4, 0.5) is 0 Å². The molecular formula is C14H22ClN. The number of rotatable bonds is 3. The highest BCUT2D eigenvalue weighted by molar-refractivity contribution is 5.85. The number of aryl methyl sites for hydroxylation is 1. The van der Waals surface area contributed by atoms with Crippen LogP contribution < -0.4 is 5.73 Å². The Bertz CT molecular complexity index is 291. The summed E-state index contributed by atoms with van der Waals surface area (Å²) in [7, 11) is 0. The van der Waals surface area contributed by atoms with Gasteiger partial charge in [0.2, 0.25) is 0 Å². The van der Waals surface area contributed by atoms with Gasteiger partial charge in [0.15, 0.2) is 0 Å². The van der Waals surface area contributed by atoms with Crippen molar-refractivity contribution in [3.8, 4) is 0 Å². The van der Waals surface area contributed by atoms with E-state index in [1.165, 1.54) is 37.7 Å². The Labute approximate surface area is 105 Å². The second-order valence-corrected chi connectivity index (χ2v) is 4.91. The zero-order chi connectivity index (χ0) is 10.6. The molecule has 1 aromatic carbocycles. The summed E-state index contributed by atoms with van der Waals surface area (Å²) in [6.07, 6.45) is 8.76. The molecule has 0 aliphatic heterocycles. The van der Waals surface area contributed by atoms with Gasteiger partial charge in [0.05, 0.1) is 0 Å². The standard InChI is InChI=1S/C14H21N.ClH/c15-14(10-5-2-6-11-14)12-9-13-7-3-1-4-8-13;/h1,3-4,7-8H,2,5-6,9-12,15H2;1H. The van der Waals surface area contributed by atoms with Crippen LogP contribution in [0.1, 0.15) is 44.1 Å².